The lowest BCUT2D eigenvalue weighted by molar-refractivity contribution is 0.168. The Bertz CT molecular complexity index is 497. The van der Waals surface area contributed by atoms with E-state index in [0.29, 0.717) is 6.61 Å². The Balaban J connectivity index is 2.10. The summed E-state index contributed by atoms with van der Waals surface area (Å²) in [6, 6.07) is 5.73. The zero-order valence-corrected chi connectivity index (χ0v) is 11.3. The minimum atomic E-state index is -0.430. The molecule has 1 aromatic carbocycles. The van der Waals surface area contributed by atoms with E-state index in [0.717, 1.165) is 42.2 Å². The maximum absolute atomic E-state index is 11.4. The summed E-state index contributed by atoms with van der Waals surface area (Å²) < 4.78 is 4.88. The number of hydrogen-bond acceptors (Lipinski definition) is 4. The number of ether oxygens (including phenoxy) is 1. The SMILES string of the molecule is CCOC(=O)Nc1cccc(NC2=NCCC2)c1C. The molecule has 1 amide bonds. The Morgan fingerprint density at radius 3 is 2.89 bits per heavy atom. The number of benzene rings is 1. The van der Waals surface area contributed by atoms with Crippen LogP contribution in [0.15, 0.2) is 23.2 Å². The molecular formula is C14H19N3O2. The third kappa shape index (κ3) is 3.47. The zero-order valence-electron chi connectivity index (χ0n) is 11.3. The number of aliphatic imine (C=N–C) groups is 1. The largest absolute Gasteiger partial charge is 0.450 e. The maximum atomic E-state index is 11.4. The van der Waals surface area contributed by atoms with E-state index in [4.69, 9.17) is 4.74 Å². The quantitative estimate of drug-likeness (QED) is 0.878. The summed E-state index contributed by atoms with van der Waals surface area (Å²) >= 11 is 0. The van der Waals surface area contributed by atoms with Gasteiger partial charge in [0.25, 0.3) is 0 Å². The number of anilines is 2. The summed E-state index contributed by atoms with van der Waals surface area (Å²) in [6.07, 6.45) is 1.65. The maximum Gasteiger partial charge on any atom is 0.411 e. The third-order valence-electron chi connectivity index (χ3n) is 3.00. The monoisotopic (exact) mass is 261 g/mol. The second-order valence-corrected chi connectivity index (χ2v) is 4.38. The molecule has 1 aliphatic heterocycles. The lowest BCUT2D eigenvalue weighted by atomic mass is 10.1. The van der Waals surface area contributed by atoms with E-state index < -0.39 is 6.09 Å². The van der Waals surface area contributed by atoms with Crippen LogP contribution >= 0.6 is 0 Å². The molecule has 5 heteroatoms. The van der Waals surface area contributed by atoms with Crippen LogP contribution in [0.1, 0.15) is 25.3 Å². The molecule has 0 bridgehead atoms. The number of nitrogens with one attached hydrogen (secondary N) is 2. The number of hydrogen-bond donors (Lipinski definition) is 2. The van der Waals surface area contributed by atoms with E-state index >= 15 is 0 Å². The molecule has 0 aliphatic carbocycles. The van der Waals surface area contributed by atoms with Gasteiger partial charge in [-0.15, -0.1) is 0 Å². The van der Waals surface area contributed by atoms with E-state index in [1.165, 1.54) is 0 Å². The van der Waals surface area contributed by atoms with Crippen LogP contribution in [0.5, 0.6) is 0 Å². The predicted molar refractivity (Wildman–Crippen MR) is 77.0 cm³/mol. The Morgan fingerprint density at radius 1 is 1.42 bits per heavy atom. The molecule has 0 spiro atoms. The molecule has 0 saturated heterocycles. The molecule has 102 valence electrons. The normalized spacial score (nSPS) is 13.9. The molecule has 0 atom stereocenters. The van der Waals surface area contributed by atoms with E-state index in [1.807, 2.05) is 25.1 Å². The second kappa shape index (κ2) is 6.22. The van der Waals surface area contributed by atoms with Crippen molar-refractivity contribution >= 4 is 23.3 Å². The summed E-state index contributed by atoms with van der Waals surface area (Å²) in [5, 5.41) is 6.05. The topological polar surface area (TPSA) is 62.7 Å². The van der Waals surface area contributed by atoms with Crippen molar-refractivity contribution in [1.29, 1.82) is 0 Å². The minimum Gasteiger partial charge on any atom is -0.450 e. The molecule has 0 radical (unpaired) electrons. The van der Waals surface area contributed by atoms with E-state index in [9.17, 15) is 4.79 Å². The first-order chi connectivity index (χ1) is 9.20. The van der Waals surface area contributed by atoms with Gasteiger partial charge in [-0.1, -0.05) is 6.07 Å². The Kier molecular flexibility index (Phi) is 4.39. The first-order valence-corrected chi connectivity index (χ1v) is 6.54. The molecule has 1 aromatic rings. The number of rotatable bonds is 3. The average Bonchev–Trinajstić information content (AvgIpc) is 2.87. The van der Waals surface area contributed by atoms with Crippen molar-refractivity contribution in [2.75, 3.05) is 23.8 Å². The Hall–Kier alpha value is -2.04. The lowest BCUT2D eigenvalue weighted by Crippen LogP contribution is -2.15. The molecule has 0 unspecified atom stereocenters. The average molecular weight is 261 g/mol. The molecule has 5 nitrogen and oxygen atoms in total. The van der Waals surface area contributed by atoms with Gasteiger partial charge in [0.2, 0.25) is 0 Å². The van der Waals surface area contributed by atoms with Gasteiger partial charge in [-0.3, -0.25) is 10.3 Å². The fourth-order valence-corrected chi connectivity index (χ4v) is 1.98. The van der Waals surface area contributed by atoms with Gasteiger partial charge in [-0.2, -0.15) is 0 Å². The highest BCUT2D eigenvalue weighted by Crippen LogP contribution is 2.24. The number of amides is 1. The second-order valence-electron chi connectivity index (χ2n) is 4.38. The van der Waals surface area contributed by atoms with Gasteiger partial charge in [-0.25, -0.2) is 4.79 Å². The van der Waals surface area contributed by atoms with Crippen molar-refractivity contribution in [3.63, 3.8) is 0 Å². The van der Waals surface area contributed by atoms with Crippen LogP contribution < -0.4 is 10.6 Å². The lowest BCUT2D eigenvalue weighted by Gasteiger charge is -2.13. The first-order valence-electron chi connectivity index (χ1n) is 6.54. The number of amidine groups is 1. The van der Waals surface area contributed by atoms with E-state index in [2.05, 4.69) is 15.6 Å². The highest BCUT2D eigenvalue weighted by molar-refractivity contribution is 5.98. The molecule has 19 heavy (non-hydrogen) atoms. The van der Waals surface area contributed by atoms with Crippen LogP contribution in [0.2, 0.25) is 0 Å². The minimum absolute atomic E-state index is 0.361. The van der Waals surface area contributed by atoms with Crippen LogP contribution in [0.3, 0.4) is 0 Å². The Labute approximate surface area is 113 Å². The number of carbonyl (C=O) groups is 1. The highest BCUT2D eigenvalue weighted by atomic mass is 16.5. The molecule has 0 aromatic heterocycles. The van der Waals surface area contributed by atoms with Crippen molar-refractivity contribution in [3.8, 4) is 0 Å². The van der Waals surface area contributed by atoms with Crippen molar-refractivity contribution in [1.82, 2.24) is 0 Å². The van der Waals surface area contributed by atoms with Crippen molar-refractivity contribution < 1.29 is 9.53 Å². The summed E-state index contributed by atoms with van der Waals surface area (Å²) in [5.41, 5.74) is 2.70. The zero-order chi connectivity index (χ0) is 13.7. The van der Waals surface area contributed by atoms with Crippen LogP contribution in [-0.4, -0.2) is 25.1 Å². The van der Waals surface area contributed by atoms with Gasteiger partial charge < -0.3 is 10.1 Å². The third-order valence-corrected chi connectivity index (χ3v) is 3.00. The van der Waals surface area contributed by atoms with Crippen LogP contribution in [0.4, 0.5) is 16.2 Å². The molecule has 2 N–H and O–H groups in total. The van der Waals surface area contributed by atoms with E-state index in [-0.39, 0.29) is 0 Å². The van der Waals surface area contributed by atoms with Crippen molar-refractivity contribution in [2.24, 2.45) is 4.99 Å². The summed E-state index contributed by atoms with van der Waals surface area (Å²) in [4.78, 5) is 15.8. The van der Waals surface area contributed by atoms with Crippen LogP contribution in [0, 0.1) is 6.92 Å². The first kappa shape index (κ1) is 13.4. The van der Waals surface area contributed by atoms with Crippen LogP contribution in [-0.2, 0) is 4.74 Å². The van der Waals surface area contributed by atoms with Gasteiger partial charge in [0.05, 0.1) is 6.61 Å². The van der Waals surface area contributed by atoms with Gasteiger partial charge >= 0.3 is 6.09 Å². The van der Waals surface area contributed by atoms with E-state index in [1.54, 1.807) is 6.92 Å². The van der Waals surface area contributed by atoms with Crippen LogP contribution in [0.25, 0.3) is 0 Å². The van der Waals surface area contributed by atoms with Gasteiger partial charge in [0, 0.05) is 24.3 Å². The molecule has 0 saturated carbocycles. The predicted octanol–water partition coefficient (Wildman–Crippen LogP) is 3.17. The van der Waals surface area contributed by atoms with Crippen molar-refractivity contribution in [3.05, 3.63) is 23.8 Å². The van der Waals surface area contributed by atoms with Gasteiger partial charge in [0.15, 0.2) is 0 Å². The van der Waals surface area contributed by atoms with Gasteiger partial charge in [-0.05, 0) is 38.0 Å². The Morgan fingerprint density at radius 2 is 2.21 bits per heavy atom. The summed E-state index contributed by atoms with van der Waals surface area (Å²) in [7, 11) is 0. The fraction of sp³-hybridized carbons (Fsp3) is 0.429. The summed E-state index contributed by atoms with van der Waals surface area (Å²) in [6.45, 7) is 4.99. The molecule has 2 rings (SSSR count). The number of carbonyl (C=O) groups excluding carboxylic acids is 1. The fourth-order valence-electron chi connectivity index (χ4n) is 1.98. The summed E-state index contributed by atoms with van der Waals surface area (Å²) in [5.74, 6) is 1.01. The molecule has 0 fully saturated rings. The van der Waals surface area contributed by atoms with Gasteiger partial charge in [0.1, 0.15) is 5.84 Å². The standard InChI is InChI=1S/C14H19N3O2/c1-3-19-14(18)17-12-7-4-6-11(10(12)2)16-13-8-5-9-15-13/h4,6-7H,3,5,8-9H2,1-2H3,(H,15,16)(H,17,18). The molecular weight excluding hydrogens is 242 g/mol. The molecule has 1 aliphatic rings. The molecule has 1 heterocycles. The van der Waals surface area contributed by atoms with Crippen molar-refractivity contribution in [2.45, 2.75) is 26.7 Å². The highest BCUT2D eigenvalue weighted by Gasteiger charge is 2.11. The smallest absolute Gasteiger partial charge is 0.411 e. The number of nitrogens with zero attached hydrogens (tertiary/aromatic N) is 1.